The van der Waals surface area contributed by atoms with Gasteiger partial charge in [-0.25, -0.2) is 4.98 Å². The monoisotopic (exact) mass is 571 g/mol. The Kier molecular flexibility index (Phi) is 8.46. The quantitative estimate of drug-likeness (QED) is 0.368. The Morgan fingerprint density at radius 1 is 0.927 bits per heavy atom. The number of hydrogen-bond donors (Lipinski definition) is 0. The first-order chi connectivity index (χ1) is 19.7. The molecule has 1 amide bonds. The average molecular weight is 572 g/mol. The van der Waals surface area contributed by atoms with E-state index < -0.39 is 23.4 Å². The van der Waals surface area contributed by atoms with Crippen LogP contribution >= 0.6 is 0 Å². The molecular weight excluding hydrogens is 539 g/mol. The van der Waals surface area contributed by atoms with E-state index in [1.807, 2.05) is 34.1 Å². The molecule has 2 saturated heterocycles. The highest BCUT2D eigenvalue weighted by atomic mass is 19.4. The van der Waals surface area contributed by atoms with Gasteiger partial charge in [0.1, 0.15) is 11.6 Å². The maximum atomic E-state index is 13.7. The van der Waals surface area contributed by atoms with E-state index >= 15 is 0 Å². The number of hydrogen-bond acceptors (Lipinski definition) is 8. The molecule has 0 atom stereocenters. The number of aromatic nitrogens is 2. The van der Waals surface area contributed by atoms with Crippen molar-refractivity contribution < 1.29 is 31.9 Å². The number of piperazine rings is 1. The second-order valence-corrected chi connectivity index (χ2v) is 10.2. The van der Waals surface area contributed by atoms with Crippen LogP contribution < -0.4 is 14.5 Å². The standard InChI is InChI=1S/C29H32F3N5O4/c1-40-23-8-4-3-7-21(23)18-25(39)36-15-13-35(14-16-36)24-10-9-20(19-33-24)17-22(38)26-27(29(30,31)32)34-28(41-26)37-11-5-2-6-12-37/h3-4,7-10,19H,2,5-6,11-18H2,1H3. The molecule has 0 radical (unpaired) electrons. The number of oxazole rings is 1. The van der Waals surface area contributed by atoms with Gasteiger partial charge >= 0.3 is 6.18 Å². The Bertz CT molecular complexity index is 1360. The number of pyridine rings is 1. The van der Waals surface area contributed by atoms with Crippen molar-refractivity contribution in [1.29, 1.82) is 0 Å². The zero-order valence-electron chi connectivity index (χ0n) is 22.8. The highest BCUT2D eigenvalue weighted by Gasteiger charge is 2.41. The van der Waals surface area contributed by atoms with Crippen LogP contribution in [0.4, 0.5) is 25.0 Å². The minimum absolute atomic E-state index is 0.0186. The van der Waals surface area contributed by atoms with Crippen LogP contribution in [0.3, 0.4) is 0 Å². The van der Waals surface area contributed by atoms with Crippen LogP contribution in [0.15, 0.2) is 47.0 Å². The lowest BCUT2D eigenvalue weighted by Crippen LogP contribution is -2.49. The number of para-hydroxylation sites is 1. The zero-order valence-corrected chi connectivity index (χ0v) is 22.8. The van der Waals surface area contributed by atoms with Gasteiger partial charge in [0.15, 0.2) is 5.69 Å². The first-order valence-electron chi connectivity index (χ1n) is 13.7. The van der Waals surface area contributed by atoms with E-state index in [-0.39, 0.29) is 24.8 Å². The van der Waals surface area contributed by atoms with E-state index in [4.69, 9.17) is 9.15 Å². The maximum absolute atomic E-state index is 13.7. The third-order valence-corrected chi connectivity index (χ3v) is 7.43. The number of carbonyl (C=O) groups excluding carboxylic acids is 2. The summed E-state index contributed by atoms with van der Waals surface area (Å²) in [6.07, 6.45) is -0.695. The molecule has 4 heterocycles. The molecule has 0 N–H and O–H groups in total. The van der Waals surface area contributed by atoms with Crippen LogP contribution in [0.1, 0.15) is 46.6 Å². The molecule has 9 nitrogen and oxygen atoms in total. The number of ether oxygens (including phenoxy) is 1. The number of alkyl halides is 3. The van der Waals surface area contributed by atoms with Gasteiger partial charge in [-0.3, -0.25) is 9.59 Å². The summed E-state index contributed by atoms with van der Waals surface area (Å²) in [5, 5.41) is 0. The second-order valence-electron chi connectivity index (χ2n) is 10.2. The number of methoxy groups -OCH3 is 1. The lowest BCUT2D eigenvalue weighted by atomic mass is 10.1. The van der Waals surface area contributed by atoms with Crippen molar-refractivity contribution in [2.45, 2.75) is 38.3 Å². The molecule has 0 saturated carbocycles. The van der Waals surface area contributed by atoms with Gasteiger partial charge < -0.3 is 23.9 Å². The van der Waals surface area contributed by atoms with Crippen LogP contribution in [0.2, 0.25) is 0 Å². The zero-order chi connectivity index (χ0) is 29.0. The smallest absolute Gasteiger partial charge is 0.437 e. The summed E-state index contributed by atoms with van der Waals surface area (Å²) >= 11 is 0. The van der Waals surface area contributed by atoms with Crippen molar-refractivity contribution in [3.8, 4) is 5.75 Å². The molecule has 5 rings (SSSR count). The van der Waals surface area contributed by atoms with Crippen molar-refractivity contribution in [1.82, 2.24) is 14.9 Å². The number of rotatable bonds is 8. The number of nitrogens with zero attached hydrogens (tertiary/aromatic N) is 5. The van der Waals surface area contributed by atoms with Crippen molar-refractivity contribution in [2.24, 2.45) is 0 Å². The molecule has 0 unspecified atom stereocenters. The number of Topliss-reactive ketones (excluding diaryl/α,β-unsaturated/α-hetero) is 1. The SMILES string of the molecule is COc1ccccc1CC(=O)N1CCN(c2ccc(CC(=O)c3oc(N4CCCCC4)nc3C(F)(F)F)cn2)CC1. The predicted octanol–water partition coefficient (Wildman–Crippen LogP) is 4.40. The fraction of sp³-hybridized carbons (Fsp3) is 0.448. The summed E-state index contributed by atoms with van der Waals surface area (Å²) in [4.78, 5) is 39.3. The van der Waals surface area contributed by atoms with Crippen LogP contribution in [-0.4, -0.2) is 72.9 Å². The molecule has 1 aromatic carbocycles. The van der Waals surface area contributed by atoms with Crippen molar-refractivity contribution >= 4 is 23.5 Å². The number of carbonyl (C=O) groups is 2. The summed E-state index contributed by atoms with van der Waals surface area (Å²) in [5.41, 5.74) is 0.0174. The van der Waals surface area contributed by atoms with Crippen molar-refractivity contribution in [2.75, 3.05) is 56.2 Å². The molecule has 2 aliphatic heterocycles. The van der Waals surface area contributed by atoms with E-state index in [2.05, 4.69) is 9.97 Å². The van der Waals surface area contributed by atoms with Crippen molar-refractivity contribution in [3.05, 3.63) is 65.2 Å². The van der Waals surface area contributed by atoms with E-state index in [9.17, 15) is 22.8 Å². The molecule has 12 heteroatoms. The van der Waals surface area contributed by atoms with Crippen LogP contribution in [-0.2, 0) is 23.8 Å². The van der Waals surface area contributed by atoms with E-state index in [0.29, 0.717) is 56.4 Å². The first-order valence-corrected chi connectivity index (χ1v) is 13.7. The third kappa shape index (κ3) is 6.63. The summed E-state index contributed by atoms with van der Waals surface area (Å²) in [5.74, 6) is -0.199. The van der Waals surface area contributed by atoms with Gasteiger partial charge in [0.25, 0.3) is 6.01 Å². The van der Waals surface area contributed by atoms with Gasteiger partial charge in [0, 0.05) is 57.4 Å². The normalized spacial score (nSPS) is 16.1. The number of amides is 1. The Hall–Kier alpha value is -4.09. The van der Waals surface area contributed by atoms with Gasteiger partial charge in [-0.1, -0.05) is 24.3 Å². The third-order valence-electron chi connectivity index (χ3n) is 7.43. The van der Waals surface area contributed by atoms with Gasteiger partial charge in [-0.2, -0.15) is 18.2 Å². The summed E-state index contributed by atoms with van der Waals surface area (Å²) in [6, 6.07) is 10.7. The van der Waals surface area contributed by atoms with E-state index in [0.717, 1.165) is 24.8 Å². The lowest BCUT2D eigenvalue weighted by Gasteiger charge is -2.35. The largest absolute Gasteiger partial charge is 0.496 e. The molecule has 3 aromatic rings. The molecule has 2 aliphatic rings. The molecule has 218 valence electrons. The highest BCUT2D eigenvalue weighted by molar-refractivity contribution is 5.96. The minimum atomic E-state index is -4.80. The average Bonchev–Trinajstić information content (AvgIpc) is 3.45. The topological polar surface area (TPSA) is 92.0 Å². The summed E-state index contributed by atoms with van der Waals surface area (Å²) in [6.45, 7) is 3.30. The molecule has 2 fully saturated rings. The van der Waals surface area contributed by atoms with Gasteiger partial charge in [-0.05, 0) is 37.0 Å². The van der Waals surface area contributed by atoms with Crippen LogP contribution in [0.5, 0.6) is 5.75 Å². The van der Waals surface area contributed by atoms with E-state index in [1.165, 1.54) is 6.20 Å². The molecule has 2 aromatic heterocycles. The summed E-state index contributed by atoms with van der Waals surface area (Å²) < 4.78 is 51.7. The number of ketones is 1. The molecule has 0 aliphatic carbocycles. The van der Waals surface area contributed by atoms with E-state index in [1.54, 1.807) is 24.1 Å². The van der Waals surface area contributed by atoms with Crippen LogP contribution in [0, 0.1) is 0 Å². The number of anilines is 2. The Labute approximate surface area is 235 Å². The Balaban J connectivity index is 1.19. The highest BCUT2D eigenvalue weighted by Crippen LogP contribution is 2.35. The van der Waals surface area contributed by atoms with Crippen LogP contribution in [0.25, 0.3) is 0 Å². The number of halogens is 3. The van der Waals surface area contributed by atoms with Gasteiger partial charge in [-0.15, -0.1) is 0 Å². The van der Waals surface area contributed by atoms with Gasteiger partial charge in [0.2, 0.25) is 17.5 Å². The molecular formula is C29H32F3N5O4. The molecule has 41 heavy (non-hydrogen) atoms. The van der Waals surface area contributed by atoms with Gasteiger partial charge in [0.05, 0.1) is 13.5 Å². The van der Waals surface area contributed by atoms with Crippen molar-refractivity contribution in [3.63, 3.8) is 0 Å². The maximum Gasteiger partial charge on any atom is 0.437 e. The first kappa shape index (κ1) is 28.4. The number of piperidine rings is 1. The Morgan fingerprint density at radius 2 is 1.66 bits per heavy atom. The lowest BCUT2D eigenvalue weighted by molar-refractivity contribution is -0.141. The predicted molar refractivity (Wildman–Crippen MR) is 145 cm³/mol. The number of benzene rings is 1. The minimum Gasteiger partial charge on any atom is -0.496 e. The Morgan fingerprint density at radius 3 is 2.32 bits per heavy atom. The fourth-order valence-corrected chi connectivity index (χ4v) is 5.19. The summed E-state index contributed by atoms with van der Waals surface area (Å²) in [7, 11) is 1.58. The second kappa shape index (κ2) is 12.2. The molecule has 0 spiro atoms. The fourth-order valence-electron chi connectivity index (χ4n) is 5.19. The molecule has 0 bridgehead atoms.